The van der Waals surface area contributed by atoms with Crippen LogP contribution in [0.2, 0.25) is 0 Å². The maximum Gasteiger partial charge on any atom is 0.317 e. The van der Waals surface area contributed by atoms with E-state index in [9.17, 15) is 38.0 Å². The van der Waals surface area contributed by atoms with Gasteiger partial charge in [0.2, 0.25) is 0 Å². The fourth-order valence-electron chi connectivity index (χ4n) is 17.7. The van der Waals surface area contributed by atoms with Crippen LogP contribution in [-0.2, 0) is 37.9 Å². The van der Waals surface area contributed by atoms with E-state index in [0.717, 1.165) is 265 Å². The first-order valence-electron chi connectivity index (χ1n) is 50.8. The Kier molecular flexibility index (Phi) is 46.5. The molecule has 31 heteroatoms. The van der Waals surface area contributed by atoms with Crippen LogP contribution >= 0.6 is 0 Å². The molecule has 6 saturated heterocycles. The normalized spacial score (nSPS) is 26.0. The van der Waals surface area contributed by atoms with Crippen molar-refractivity contribution in [2.45, 2.75) is 334 Å². The van der Waals surface area contributed by atoms with Crippen molar-refractivity contribution in [3.63, 3.8) is 0 Å². The van der Waals surface area contributed by atoms with Crippen molar-refractivity contribution in [3.05, 3.63) is 35.6 Å². The number of urea groups is 6. The lowest BCUT2D eigenvalue weighted by atomic mass is 10.0. The first-order valence-corrected chi connectivity index (χ1v) is 50.8. The van der Waals surface area contributed by atoms with Crippen molar-refractivity contribution >= 4 is 42.1 Å². The van der Waals surface area contributed by atoms with Crippen LogP contribution in [0, 0.1) is 46.7 Å². The second kappa shape index (κ2) is 56.3. The molecule has 10 saturated carbocycles. The number of ether oxygens (including phenoxy) is 8. The van der Waals surface area contributed by atoms with Gasteiger partial charge in [-0.1, -0.05) is 48.5 Å². The quantitative estimate of drug-likeness (QED) is 0.0309. The summed E-state index contributed by atoms with van der Waals surface area (Å²) in [5.41, 5.74) is 0.638. The number of hydrogen-bond acceptors (Lipinski definition) is 17. The Morgan fingerprint density at radius 1 is 0.419 bits per heavy atom. The van der Waals surface area contributed by atoms with E-state index in [-0.39, 0.29) is 84.5 Å². The Morgan fingerprint density at radius 2 is 0.798 bits per heavy atom. The molecule has 16 aliphatic rings. The summed E-state index contributed by atoms with van der Waals surface area (Å²) in [5, 5.41) is 34.6. The molecule has 0 bridgehead atoms. The number of carbonyl (C=O) groups is 7. The summed E-state index contributed by atoms with van der Waals surface area (Å²) in [5.74, 6) is 3.57. The van der Waals surface area contributed by atoms with E-state index in [0.29, 0.717) is 110 Å². The lowest BCUT2D eigenvalue weighted by molar-refractivity contribution is -0.0545. The smallest absolute Gasteiger partial charge is 0.317 e. The average molecular weight is 1820 g/mol. The molecule has 9 atom stereocenters. The minimum Gasteiger partial charge on any atom is -0.397 e. The summed E-state index contributed by atoms with van der Waals surface area (Å²) in [6, 6.07) is 9.90. The van der Waals surface area contributed by atoms with Crippen molar-refractivity contribution in [1.29, 1.82) is 0 Å². The van der Waals surface area contributed by atoms with Gasteiger partial charge < -0.3 is 114 Å². The number of hydrogen-bond donors (Lipinski definition) is 8. The van der Waals surface area contributed by atoms with Crippen LogP contribution in [0.5, 0.6) is 0 Å². The van der Waals surface area contributed by atoms with Gasteiger partial charge in [-0.2, -0.15) is 0 Å². The lowest BCUT2D eigenvalue weighted by Crippen LogP contribution is -2.45. The van der Waals surface area contributed by atoms with E-state index in [1.54, 1.807) is 33.3 Å². The van der Waals surface area contributed by atoms with E-state index in [1.807, 2.05) is 41.2 Å². The van der Waals surface area contributed by atoms with Crippen LogP contribution in [0.3, 0.4) is 0 Å². The van der Waals surface area contributed by atoms with Gasteiger partial charge >= 0.3 is 36.2 Å². The molecule has 129 heavy (non-hydrogen) atoms. The molecule has 10 aliphatic carbocycles. The predicted molar refractivity (Wildman–Crippen MR) is 499 cm³/mol. The molecule has 9 unspecified atom stereocenters. The molecule has 6 aliphatic heterocycles. The second-order valence-electron chi connectivity index (χ2n) is 39.1. The second-order valence-corrected chi connectivity index (χ2v) is 39.1. The van der Waals surface area contributed by atoms with Gasteiger partial charge in [0.15, 0.2) is 0 Å². The maximum absolute atomic E-state index is 12.7. The monoisotopic (exact) mass is 1820 g/mol. The van der Waals surface area contributed by atoms with E-state index in [1.165, 1.54) is 76.3 Å². The molecule has 0 radical (unpaired) electrons. The first kappa shape index (κ1) is 107. The highest BCUT2D eigenvalue weighted by molar-refractivity contribution is 5.94. The van der Waals surface area contributed by atoms with Crippen molar-refractivity contribution in [2.24, 2.45) is 40.9 Å². The van der Waals surface area contributed by atoms with Crippen LogP contribution < -0.4 is 31.9 Å². The largest absolute Gasteiger partial charge is 0.397 e. The molecule has 8 N–H and O–H groups in total. The van der Waals surface area contributed by atoms with Crippen LogP contribution in [0.25, 0.3) is 0 Å². The van der Waals surface area contributed by atoms with Gasteiger partial charge in [0.1, 0.15) is 5.82 Å². The highest BCUT2D eigenvalue weighted by atomic mass is 19.1. The number of aliphatic hydroxyl groups is 2. The fourth-order valence-corrected chi connectivity index (χ4v) is 17.7. The Hall–Kier alpha value is -6.16. The summed E-state index contributed by atoms with van der Waals surface area (Å²) in [7, 11) is 3.41. The summed E-state index contributed by atoms with van der Waals surface area (Å²) < 4.78 is 56.1. The molecular weight excluding hydrogens is 1650 g/mol. The number of aliphatic hydroxyl groups excluding tert-OH is 1. The first-order chi connectivity index (χ1) is 62.5. The Morgan fingerprint density at radius 3 is 1.17 bits per heavy atom. The molecule has 13 amide bonds. The molecule has 17 rings (SSSR count). The van der Waals surface area contributed by atoms with E-state index >= 15 is 0 Å². The van der Waals surface area contributed by atoms with E-state index in [4.69, 9.17) is 48.1 Å². The number of methoxy groups -OCH3 is 2. The number of nitrogens with zero attached hydrogens (tertiary/aromatic N) is 7. The summed E-state index contributed by atoms with van der Waals surface area (Å²) in [4.78, 5) is 98.4. The number of amides is 13. The van der Waals surface area contributed by atoms with Crippen molar-refractivity contribution < 1.29 is 86.1 Å². The predicted octanol–water partition coefficient (Wildman–Crippen LogP) is 13.6. The molecule has 0 aromatic heterocycles. The topological polar surface area (TPSA) is 329 Å². The van der Waals surface area contributed by atoms with Gasteiger partial charge in [0.05, 0.1) is 76.3 Å². The SMILES string of the molecule is CC1(O)CC1.CCCN(C(=O)NCC12COCC1C2)C1CC1.CCCN(C(=O)NCC1C2COCC12)C1CC1.CCCN(C(=O)NCC1CC(OC)CO1)C1CC1.CCCN(C(=O)NCC1CCCCO1)C1CC1.CCCN(C(=O)NCC1CCOCC1)C1CC1.CCCN(C(=O)NCC1COCC(OC)C1)C1CC1.CCCN(C(=O)c1ccc(F)cc1)C1CC1.CCO. The zero-order chi connectivity index (χ0) is 92.7. The fraction of sp³-hybridized carbons (Fsp3) is 0.867. The number of carbonyl (C=O) groups excluding carboxylic acids is 7. The maximum atomic E-state index is 12.7. The standard InChI is InChI=1S/C14H26N2O3.C13H16FNO.C13H24N2O3.2C13H22N2O2.2C13H24N2O2.C4H8O.C2H6O/c1-3-6-16(12-4-5-12)14(17)15-8-11-7-13(18-2)10-19-9-11;1-2-9-15(12-7-8-12)13(16)10-3-5-11(14)6-4-10;1-3-6-15(10-4-5-10)13(16)14-8-11-7-12(17-2)9-18-11;1-2-5-15(11-3-4-11)12(16)14-8-13-6-10(13)7-17-9-13;1-2-5-15(9-3-4-9)13(16)14-6-10-11-7-17-8-12(10)11;1-2-7-15(12-3-4-12)13(16)14-10-11-5-8-17-9-6-11;1-2-8-15(11-6-7-11)13(16)14-10-12-5-3-4-9-17-12;1-4(5)2-3-4;1-2-3/h11-13H,3-10H2,1-2H3,(H,15,17);3-6,12H,2,7-9H2,1H3;10-12H,3-9H2,1-2H3,(H,14,16);10-11H,2-9H2,1H3,(H,14,16);9-12H,2-8H2,1H3,(H,14,16);2*11-12H,2-10H2,1H3,(H,14,16);5H,2-3H2,1H3;3H,2H2,1H3. The molecule has 30 nitrogen and oxygen atoms in total. The molecule has 738 valence electrons. The van der Waals surface area contributed by atoms with Gasteiger partial charge in [-0.05, 0) is 260 Å². The molecular formula is C98H172FN13O17. The molecule has 1 aromatic rings. The Labute approximate surface area is 772 Å². The van der Waals surface area contributed by atoms with E-state index in [2.05, 4.69) is 80.4 Å². The van der Waals surface area contributed by atoms with Crippen LogP contribution in [-0.4, -0.2) is 331 Å². The Bertz CT molecular complexity index is 3280. The molecule has 1 aromatic carbocycles. The van der Waals surface area contributed by atoms with Crippen molar-refractivity contribution in [1.82, 2.24) is 66.2 Å². The number of fused-ring (bicyclic) bond motifs is 2. The van der Waals surface area contributed by atoms with Crippen LogP contribution in [0.1, 0.15) is 272 Å². The highest BCUT2D eigenvalue weighted by Gasteiger charge is 2.58. The lowest BCUT2D eigenvalue weighted by Gasteiger charge is -2.29. The minimum absolute atomic E-state index is 0.0318. The van der Waals surface area contributed by atoms with Gasteiger partial charge in [-0.3, -0.25) is 4.79 Å². The Balaban J connectivity index is 0.000000167. The van der Waals surface area contributed by atoms with E-state index < -0.39 is 0 Å². The van der Waals surface area contributed by atoms with Gasteiger partial charge in [-0.25, -0.2) is 33.2 Å². The van der Waals surface area contributed by atoms with Crippen LogP contribution in [0.15, 0.2) is 24.3 Å². The molecule has 16 fully saturated rings. The van der Waals surface area contributed by atoms with Crippen LogP contribution in [0.4, 0.5) is 33.2 Å². The molecule has 6 heterocycles. The summed E-state index contributed by atoms with van der Waals surface area (Å²) >= 11 is 0. The number of halogens is 1. The summed E-state index contributed by atoms with van der Waals surface area (Å²) in [6.07, 6.45) is 34.9. The zero-order valence-electron chi connectivity index (χ0n) is 81.0. The third-order valence-corrected chi connectivity index (χ3v) is 27.0. The zero-order valence-corrected chi connectivity index (χ0v) is 81.0. The summed E-state index contributed by atoms with van der Waals surface area (Å²) in [6.45, 7) is 37.2. The van der Waals surface area contributed by atoms with Gasteiger partial charge in [-0.15, -0.1) is 0 Å². The third-order valence-electron chi connectivity index (χ3n) is 27.0. The molecule has 0 spiro atoms. The average Bonchev–Trinajstić information content (AvgIpc) is 1.58. The number of benzene rings is 1. The van der Waals surface area contributed by atoms with Crippen molar-refractivity contribution in [2.75, 3.05) is 172 Å². The van der Waals surface area contributed by atoms with Gasteiger partial charge in [0, 0.05) is 191 Å². The minimum atomic E-state index is -0.301. The van der Waals surface area contributed by atoms with Gasteiger partial charge in [0.25, 0.3) is 5.91 Å². The highest BCUT2D eigenvalue weighted by Crippen LogP contribution is 2.56. The number of nitrogens with one attached hydrogen (secondary N) is 6. The van der Waals surface area contributed by atoms with Crippen molar-refractivity contribution in [3.8, 4) is 0 Å². The third kappa shape index (κ3) is 38.6. The number of rotatable bonds is 36.